The summed E-state index contributed by atoms with van der Waals surface area (Å²) < 4.78 is 13.1. The number of hydrogen-bond acceptors (Lipinski definition) is 6. The largest absolute Gasteiger partial charge is 0.496 e. The zero-order valence-corrected chi connectivity index (χ0v) is 22.2. The van der Waals surface area contributed by atoms with Crippen molar-refractivity contribution in [2.45, 2.75) is 38.2 Å². The molecule has 1 aliphatic heterocycles. The van der Waals surface area contributed by atoms with Gasteiger partial charge in [-0.05, 0) is 42.7 Å². The van der Waals surface area contributed by atoms with Gasteiger partial charge in [-0.15, -0.1) is 0 Å². The summed E-state index contributed by atoms with van der Waals surface area (Å²) in [5.41, 5.74) is 6.28. The maximum Gasteiger partial charge on any atom is 0.337 e. The number of carbonyl (C=O) groups excluding carboxylic acids is 2. The van der Waals surface area contributed by atoms with Gasteiger partial charge in [0.15, 0.2) is 5.78 Å². The van der Waals surface area contributed by atoms with E-state index in [2.05, 4.69) is 15.4 Å². The van der Waals surface area contributed by atoms with Crippen LogP contribution in [0.5, 0.6) is 5.75 Å². The summed E-state index contributed by atoms with van der Waals surface area (Å²) >= 11 is 0. The number of ether oxygens (including phenoxy) is 2. The Morgan fingerprint density at radius 3 is 2.72 bits per heavy atom. The van der Waals surface area contributed by atoms with Crippen LogP contribution in [-0.2, 0) is 28.0 Å². The third kappa shape index (κ3) is 4.41. The molecule has 3 heterocycles. The van der Waals surface area contributed by atoms with Gasteiger partial charge in [-0.1, -0.05) is 30.3 Å². The fourth-order valence-electron chi connectivity index (χ4n) is 5.98. The van der Waals surface area contributed by atoms with Crippen molar-refractivity contribution in [2.75, 3.05) is 7.11 Å². The fourth-order valence-corrected chi connectivity index (χ4v) is 5.98. The van der Waals surface area contributed by atoms with Gasteiger partial charge in [0.25, 0.3) is 0 Å². The number of para-hydroxylation sites is 1. The van der Waals surface area contributed by atoms with Crippen molar-refractivity contribution < 1.29 is 19.1 Å². The van der Waals surface area contributed by atoms with E-state index < -0.39 is 11.9 Å². The second kappa shape index (κ2) is 9.94. The van der Waals surface area contributed by atoms with Gasteiger partial charge in [0.1, 0.15) is 12.4 Å². The number of carbonyl (C=O) groups is 2. The molecule has 6 rings (SSSR count). The Balaban J connectivity index is 1.42. The molecular weight excluding hydrogens is 492 g/mol. The molecule has 0 unspecified atom stereocenters. The molecule has 1 aliphatic carbocycles. The highest BCUT2D eigenvalue weighted by Gasteiger charge is 2.42. The molecule has 8 heteroatoms. The maximum atomic E-state index is 14.0. The van der Waals surface area contributed by atoms with E-state index in [4.69, 9.17) is 9.47 Å². The lowest BCUT2D eigenvalue weighted by atomic mass is 9.71. The Labute approximate surface area is 226 Å². The first-order valence-electron chi connectivity index (χ1n) is 13.0. The molecule has 198 valence electrons. The molecule has 39 heavy (non-hydrogen) atoms. The lowest BCUT2D eigenvalue weighted by Gasteiger charge is -2.37. The number of benzene rings is 2. The van der Waals surface area contributed by atoms with Crippen molar-refractivity contribution in [3.8, 4) is 5.75 Å². The zero-order chi connectivity index (χ0) is 27.1. The van der Waals surface area contributed by atoms with Gasteiger partial charge in [-0.3, -0.25) is 9.48 Å². The van der Waals surface area contributed by atoms with E-state index in [-0.39, 0.29) is 18.3 Å². The van der Waals surface area contributed by atoms with E-state index in [1.165, 1.54) is 0 Å². The number of H-pyrrole nitrogens is 1. The van der Waals surface area contributed by atoms with E-state index >= 15 is 0 Å². The molecule has 2 atom stereocenters. The number of aromatic nitrogens is 3. The number of Topliss-reactive ketones (excluding diaryl/α,β-unsaturated/α-hetero) is 1. The second-order valence-corrected chi connectivity index (χ2v) is 10.1. The smallest absolute Gasteiger partial charge is 0.337 e. The lowest BCUT2D eigenvalue weighted by molar-refractivity contribution is -0.140. The first-order chi connectivity index (χ1) is 18.9. The van der Waals surface area contributed by atoms with Crippen LogP contribution in [0.15, 0.2) is 89.7 Å². The molecular formula is C31H30N4O4. The average Bonchev–Trinajstić information content (AvgIpc) is 3.59. The summed E-state index contributed by atoms with van der Waals surface area (Å²) in [6, 6.07) is 15.8. The van der Waals surface area contributed by atoms with E-state index in [1.54, 1.807) is 18.0 Å². The standard InChI is InChI=1S/C31H30N4O4/c1-18-28(31(37)39-17-19-15-33-35(2)16-19)29(23-8-6-9-24-22(23)11-12-32-24)30-25(34-18)13-20(14-26(30)36)21-7-4-5-10-27(21)38-3/h4-12,15-16,20,29,32,34H,13-14,17H2,1-3H3/t20-,29-/m1/s1. The van der Waals surface area contributed by atoms with Gasteiger partial charge in [0.2, 0.25) is 0 Å². The van der Waals surface area contributed by atoms with Crippen LogP contribution in [0.3, 0.4) is 0 Å². The van der Waals surface area contributed by atoms with Gasteiger partial charge in [-0.2, -0.15) is 5.10 Å². The molecule has 2 aromatic carbocycles. The number of hydrogen-bond donors (Lipinski definition) is 2. The van der Waals surface area contributed by atoms with Crippen molar-refractivity contribution in [1.82, 2.24) is 20.1 Å². The first-order valence-corrected chi connectivity index (χ1v) is 13.0. The topological polar surface area (TPSA) is 98.2 Å². The first kappa shape index (κ1) is 24.7. The summed E-state index contributed by atoms with van der Waals surface area (Å²) in [6.07, 6.45) is 6.33. The summed E-state index contributed by atoms with van der Waals surface area (Å²) in [4.78, 5) is 30.9. The number of rotatable bonds is 6. The number of aromatic amines is 1. The predicted molar refractivity (Wildman–Crippen MR) is 147 cm³/mol. The number of dihydropyridines is 1. The minimum absolute atomic E-state index is 0.0160. The van der Waals surface area contributed by atoms with E-state index in [0.717, 1.165) is 39.0 Å². The Hall–Kier alpha value is -4.59. The van der Waals surface area contributed by atoms with Gasteiger partial charge in [-0.25, -0.2) is 4.79 Å². The molecule has 0 saturated carbocycles. The van der Waals surface area contributed by atoms with Crippen molar-refractivity contribution in [3.05, 3.63) is 106 Å². The molecule has 0 amide bonds. The van der Waals surface area contributed by atoms with Gasteiger partial charge < -0.3 is 19.8 Å². The van der Waals surface area contributed by atoms with Gasteiger partial charge in [0, 0.05) is 71.1 Å². The zero-order valence-electron chi connectivity index (χ0n) is 22.2. The second-order valence-electron chi connectivity index (χ2n) is 10.1. The van der Waals surface area contributed by atoms with E-state index in [1.807, 2.05) is 74.9 Å². The van der Waals surface area contributed by atoms with E-state index in [9.17, 15) is 9.59 Å². The Bertz CT molecular complexity index is 1660. The summed E-state index contributed by atoms with van der Waals surface area (Å²) in [6.45, 7) is 1.98. The molecule has 2 aromatic heterocycles. The van der Waals surface area contributed by atoms with Crippen molar-refractivity contribution in [3.63, 3.8) is 0 Å². The number of ketones is 1. The molecule has 0 bridgehead atoms. The number of nitrogens with one attached hydrogen (secondary N) is 2. The Kier molecular flexibility index (Phi) is 6.30. The minimum Gasteiger partial charge on any atom is -0.496 e. The number of nitrogens with zero attached hydrogens (tertiary/aromatic N) is 2. The number of allylic oxidation sites excluding steroid dienone is 3. The lowest BCUT2D eigenvalue weighted by Crippen LogP contribution is -2.36. The highest BCUT2D eigenvalue weighted by atomic mass is 16.5. The Morgan fingerprint density at radius 2 is 1.92 bits per heavy atom. The molecule has 0 fully saturated rings. The van der Waals surface area contributed by atoms with Crippen LogP contribution in [-0.4, -0.2) is 33.6 Å². The highest BCUT2D eigenvalue weighted by molar-refractivity contribution is 6.05. The Morgan fingerprint density at radius 1 is 1.10 bits per heavy atom. The van der Waals surface area contributed by atoms with Crippen molar-refractivity contribution >= 4 is 22.7 Å². The maximum absolute atomic E-state index is 14.0. The molecule has 4 aromatic rings. The molecule has 0 saturated heterocycles. The summed E-state index contributed by atoms with van der Waals surface area (Å²) in [7, 11) is 3.47. The molecule has 2 aliphatic rings. The average molecular weight is 523 g/mol. The number of methoxy groups -OCH3 is 1. The molecule has 0 spiro atoms. The number of esters is 1. The van der Waals surface area contributed by atoms with E-state index in [0.29, 0.717) is 29.7 Å². The van der Waals surface area contributed by atoms with Crippen LogP contribution in [0.2, 0.25) is 0 Å². The van der Waals surface area contributed by atoms with Crippen LogP contribution >= 0.6 is 0 Å². The van der Waals surface area contributed by atoms with Crippen LogP contribution in [0.4, 0.5) is 0 Å². The summed E-state index contributed by atoms with van der Waals surface area (Å²) in [5.74, 6) is -0.241. The SMILES string of the molecule is COc1ccccc1[C@H]1CC(=O)C2=C(C1)NC(C)=C(C(=O)OCc1cnn(C)c1)[C@H]2c1cccc2[nH]ccc12. The molecule has 2 N–H and O–H groups in total. The van der Waals surface area contributed by atoms with Crippen LogP contribution < -0.4 is 10.1 Å². The third-order valence-corrected chi connectivity index (χ3v) is 7.69. The minimum atomic E-state index is -0.548. The summed E-state index contributed by atoms with van der Waals surface area (Å²) in [5, 5.41) is 8.56. The van der Waals surface area contributed by atoms with Crippen molar-refractivity contribution in [1.29, 1.82) is 0 Å². The van der Waals surface area contributed by atoms with Gasteiger partial charge in [0.05, 0.1) is 18.9 Å². The third-order valence-electron chi connectivity index (χ3n) is 7.69. The highest BCUT2D eigenvalue weighted by Crippen LogP contribution is 2.48. The van der Waals surface area contributed by atoms with Gasteiger partial charge >= 0.3 is 5.97 Å². The van der Waals surface area contributed by atoms with Crippen LogP contribution in [0.1, 0.15) is 48.3 Å². The quantitative estimate of drug-likeness (QED) is 0.345. The van der Waals surface area contributed by atoms with Crippen LogP contribution in [0, 0.1) is 0 Å². The fraction of sp³-hybridized carbons (Fsp3) is 0.258. The predicted octanol–water partition coefficient (Wildman–Crippen LogP) is 5.02. The molecule has 0 radical (unpaired) electrons. The van der Waals surface area contributed by atoms with Crippen LogP contribution in [0.25, 0.3) is 10.9 Å². The normalized spacial score (nSPS) is 19.2. The molecule has 8 nitrogen and oxygen atoms in total. The number of aryl methyl sites for hydroxylation is 1. The number of fused-ring (bicyclic) bond motifs is 1. The van der Waals surface area contributed by atoms with Crippen molar-refractivity contribution in [2.24, 2.45) is 7.05 Å². The monoisotopic (exact) mass is 522 g/mol.